The Balaban J connectivity index is 1.74. The SMILES string of the molecule is CC(C(=O)NCc1ccco1)N(C)CC1CCCN1. The van der Waals surface area contributed by atoms with Crippen LogP contribution in [0.5, 0.6) is 0 Å². The second-order valence-electron chi connectivity index (χ2n) is 5.21. The zero-order valence-corrected chi connectivity index (χ0v) is 11.7. The minimum atomic E-state index is -0.127. The van der Waals surface area contributed by atoms with Gasteiger partial charge in [0.25, 0.3) is 0 Å². The van der Waals surface area contributed by atoms with Gasteiger partial charge in [0.05, 0.1) is 18.8 Å². The van der Waals surface area contributed by atoms with E-state index in [0.29, 0.717) is 12.6 Å². The van der Waals surface area contributed by atoms with Crippen molar-refractivity contribution in [3.05, 3.63) is 24.2 Å². The van der Waals surface area contributed by atoms with E-state index in [1.807, 2.05) is 26.1 Å². The van der Waals surface area contributed by atoms with Gasteiger partial charge in [-0.05, 0) is 45.5 Å². The van der Waals surface area contributed by atoms with Gasteiger partial charge < -0.3 is 15.1 Å². The maximum absolute atomic E-state index is 12.0. The summed E-state index contributed by atoms with van der Waals surface area (Å²) < 4.78 is 5.19. The van der Waals surface area contributed by atoms with E-state index in [2.05, 4.69) is 15.5 Å². The molecule has 0 bridgehead atoms. The summed E-state index contributed by atoms with van der Waals surface area (Å²) in [5.74, 6) is 0.817. The molecule has 1 aromatic rings. The van der Waals surface area contributed by atoms with Crippen molar-refractivity contribution >= 4 is 5.91 Å². The molecule has 1 aliphatic rings. The normalized spacial score (nSPS) is 20.7. The first-order valence-electron chi connectivity index (χ1n) is 6.90. The van der Waals surface area contributed by atoms with Crippen molar-refractivity contribution in [1.82, 2.24) is 15.5 Å². The quantitative estimate of drug-likeness (QED) is 0.804. The highest BCUT2D eigenvalue weighted by Crippen LogP contribution is 2.08. The van der Waals surface area contributed by atoms with E-state index in [1.165, 1.54) is 12.8 Å². The third-order valence-corrected chi connectivity index (χ3v) is 3.73. The lowest BCUT2D eigenvalue weighted by molar-refractivity contribution is -0.125. The molecule has 2 unspecified atom stereocenters. The second kappa shape index (κ2) is 6.73. The molecule has 1 fully saturated rings. The van der Waals surface area contributed by atoms with E-state index in [4.69, 9.17) is 4.42 Å². The van der Waals surface area contributed by atoms with Gasteiger partial charge in [0.1, 0.15) is 5.76 Å². The van der Waals surface area contributed by atoms with Gasteiger partial charge in [0.15, 0.2) is 0 Å². The minimum Gasteiger partial charge on any atom is -0.467 e. The molecule has 2 N–H and O–H groups in total. The third kappa shape index (κ3) is 4.08. The Bertz CT molecular complexity index is 385. The number of amides is 1. The topological polar surface area (TPSA) is 57.5 Å². The second-order valence-corrected chi connectivity index (χ2v) is 5.21. The average molecular weight is 265 g/mol. The summed E-state index contributed by atoms with van der Waals surface area (Å²) >= 11 is 0. The van der Waals surface area contributed by atoms with E-state index in [0.717, 1.165) is 18.8 Å². The van der Waals surface area contributed by atoms with Crippen molar-refractivity contribution in [2.75, 3.05) is 20.1 Å². The van der Waals surface area contributed by atoms with E-state index < -0.39 is 0 Å². The Labute approximate surface area is 114 Å². The fourth-order valence-electron chi connectivity index (χ4n) is 2.35. The van der Waals surface area contributed by atoms with Crippen molar-refractivity contribution in [2.45, 2.75) is 38.4 Å². The molecule has 0 spiro atoms. The van der Waals surface area contributed by atoms with Gasteiger partial charge in [-0.15, -0.1) is 0 Å². The Morgan fingerprint density at radius 2 is 2.53 bits per heavy atom. The average Bonchev–Trinajstić information content (AvgIpc) is 3.07. The highest BCUT2D eigenvalue weighted by atomic mass is 16.3. The van der Waals surface area contributed by atoms with Crippen LogP contribution in [0, 0.1) is 0 Å². The monoisotopic (exact) mass is 265 g/mol. The van der Waals surface area contributed by atoms with Crippen LogP contribution in [0.25, 0.3) is 0 Å². The molecule has 5 nitrogen and oxygen atoms in total. The van der Waals surface area contributed by atoms with Gasteiger partial charge >= 0.3 is 0 Å². The van der Waals surface area contributed by atoms with Crippen LogP contribution in [0.4, 0.5) is 0 Å². The summed E-state index contributed by atoms with van der Waals surface area (Å²) in [5.41, 5.74) is 0. The summed E-state index contributed by atoms with van der Waals surface area (Å²) in [4.78, 5) is 14.1. The Morgan fingerprint density at radius 3 is 3.16 bits per heavy atom. The van der Waals surface area contributed by atoms with Crippen molar-refractivity contribution in [3.8, 4) is 0 Å². The van der Waals surface area contributed by atoms with Crippen LogP contribution in [0.1, 0.15) is 25.5 Å². The zero-order chi connectivity index (χ0) is 13.7. The smallest absolute Gasteiger partial charge is 0.237 e. The van der Waals surface area contributed by atoms with Crippen LogP contribution in [-0.2, 0) is 11.3 Å². The predicted octanol–water partition coefficient (Wildman–Crippen LogP) is 0.968. The van der Waals surface area contributed by atoms with E-state index in [1.54, 1.807) is 6.26 Å². The van der Waals surface area contributed by atoms with Crippen molar-refractivity contribution < 1.29 is 9.21 Å². The molecule has 1 saturated heterocycles. The van der Waals surface area contributed by atoms with E-state index in [-0.39, 0.29) is 11.9 Å². The standard InChI is InChI=1S/C14H23N3O2/c1-11(17(2)10-12-5-3-7-15-12)14(18)16-9-13-6-4-8-19-13/h4,6,8,11-12,15H,3,5,7,9-10H2,1-2H3,(H,16,18). The molecule has 2 heterocycles. The number of furan rings is 1. The minimum absolute atomic E-state index is 0.0388. The number of nitrogens with one attached hydrogen (secondary N) is 2. The van der Waals surface area contributed by atoms with Crippen molar-refractivity contribution in [1.29, 1.82) is 0 Å². The summed E-state index contributed by atoms with van der Waals surface area (Å²) in [5, 5.41) is 6.34. The molecule has 5 heteroatoms. The molecule has 1 aliphatic heterocycles. The third-order valence-electron chi connectivity index (χ3n) is 3.73. The number of carbonyl (C=O) groups is 1. The van der Waals surface area contributed by atoms with Gasteiger partial charge in [-0.3, -0.25) is 9.69 Å². The van der Waals surface area contributed by atoms with Gasteiger partial charge in [-0.2, -0.15) is 0 Å². The number of rotatable bonds is 6. The molecule has 2 atom stereocenters. The number of carbonyl (C=O) groups excluding carboxylic acids is 1. The lowest BCUT2D eigenvalue weighted by Gasteiger charge is -2.26. The molecule has 1 aromatic heterocycles. The van der Waals surface area contributed by atoms with Crippen LogP contribution in [0.2, 0.25) is 0 Å². The summed E-state index contributed by atoms with van der Waals surface area (Å²) in [6.07, 6.45) is 4.05. The molecule has 2 rings (SSSR count). The molecule has 0 aliphatic carbocycles. The zero-order valence-electron chi connectivity index (χ0n) is 11.7. The fourth-order valence-corrected chi connectivity index (χ4v) is 2.35. The molecule has 106 valence electrons. The Hall–Kier alpha value is -1.33. The fraction of sp³-hybridized carbons (Fsp3) is 0.643. The highest BCUT2D eigenvalue weighted by molar-refractivity contribution is 5.81. The first-order valence-corrected chi connectivity index (χ1v) is 6.90. The Morgan fingerprint density at radius 1 is 1.68 bits per heavy atom. The lowest BCUT2D eigenvalue weighted by atomic mass is 10.2. The maximum atomic E-state index is 12.0. The Kier molecular flexibility index (Phi) is 4.99. The largest absolute Gasteiger partial charge is 0.467 e. The van der Waals surface area contributed by atoms with E-state index >= 15 is 0 Å². The van der Waals surface area contributed by atoms with Crippen LogP contribution in [0.3, 0.4) is 0 Å². The lowest BCUT2D eigenvalue weighted by Crippen LogP contribution is -2.47. The van der Waals surface area contributed by atoms with Crippen LogP contribution in [-0.4, -0.2) is 43.0 Å². The van der Waals surface area contributed by atoms with Crippen LogP contribution < -0.4 is 10.6 Å². The first kappa shape index (κ1) is 14.1. The summed E-state index contributed by atoms with van der Waals surface area (Å²) in [6, 6.07) is 4.07. The van der Waals surface area contributed by atoms with Gasteiger partial charge in [0, 0.05) is 12.6 Å². The van der Waals surface area contributed by atoms with Crippen molar-refractivity contribution in [3.63, 3.8) is 0 Å². The molecule has 1 amide bonds. The van der Waals surface area contributed by atoms with Crippen molar-refractivity contribution in [2.24, 2.45) is 0 Å². The number of likely N-dealkylation sites (N-methyl/N-ethyl adjacent to an activating group) is 1. The summed E-state index contributed by atoms with van der Waals surface area (Å²) in [6.45, 7) is 4.39. The number of hydrogen-bond donors (Lipinski definition) is 2. The predicted molar refractivity (Wildman–Crippen MR) is 73.7 cm³/mol. The molecule has 19 heavy (non-hydrogen) atoms. The molecule has 0 saturated carbocycles. The van der Waals surface area contributed by atoms with E-state index in [9.17, 15) is 4.79 Å². The number of hydrogen-bond acceptors (Lipinski definition) is 4. The molecule has 0 radical (unpaired) electrons. The van der Waals surface area contributed by atoms with Gasteiger partial charge in [0.2, 0.25) is 5.91 Å². The van der Waals surface area contributed by atoms with Gasteiger partial charge in [-0.1, -0.05) is 0 Å². The number of nitrogens with zero attached hydrogens (tertiary/aromatic N) is 1. The maximum Gasteiger partial charge on any atom is 0.237 e. The molecular formula is C14H23N3O2. The first-order chi connectivity index (χ1) is 9.16. The molecule has 0 aromatic carbocycles. The summed E-state index contributed by atoms with van der Waals surface area (Å²) in [7, 11) is 2.00. The molecular weight excluding hydrogens is 242 g/mol. The highest BCUT2D eigenvalue weighted by Gasteiger charge is 2.22. The van der Waals surface area contributed by atoms with Gasteiger partial charge in [-0.25, -0.2) is 0 Å². The van der Waals surface area contributed by atoms with Crippen LogP contribution in [0.15, 0.2) is 22.8 Å². The van der Waals surface area contributed by atoms with Crippen LogP contribution >= 0.6 is 0 Å².